The van der Waals surface area contributed by atoms with Crippen LogP contribution in [0.15, 0.2) is 35.9 Å². The number of aromatic hydroxyl groups is 2. The lowest BCUT2D eigenvalue weighted by Gasteiger charge is -2.34. The number of hydrogen-bond donors (Lipinski definition) is 4. The van der Waals surface area contributed by atoms with E-state index in [2.05, 4.69) is 6.58 Å². The first-order valence-electron chi connectivity index (χ1n) is 8.95. The number of phenols is 2. The van der Waals surface area contributed by atoms with Gasteiger partial charge in [0.05, 0.1) is 12.2 Å². The molecule has 0 aromatic heterocycles. The van der Waals surface area contributed by atoms with E-state index in [1.165, 1.54) is 0 Å². The van der Waals surface area contributed by atoms with Gasteiger partial charge in [-0.3, -0.25) is 0 Å². The van der Waals surface area contributed by atoms with Crippen LogP contribution in [0.5, 0.6) is 11.5 Å². The van der Waals surface area contributed by atoms with Gasteiger partial charge >= 0.3 is 0 Å². The van der Waals surface area contributed by atoms with Crippen molar-refractivity contribution in [2.24, 2.45) is 5.92 Å². The zero-order chi connectivity index (χ0) is 18.7. The van der Waals surface area contributed by atoms with Gasteiger partial charge in [-0.05, 0) is 75.6 Å². The fourth-order valence-electron chi connectivity index (χ4n) is 3.64. The summed E-state index contributed by atoms with van der Waals surface area (Å²) in [4.78, 5) is 0. The van der Waals surface area contributed by atoms with Crippen LogP contribution in [0, 0.1) is 5.92 Å². The Bertz CT molecular complexity index is 637. The number of benzene rings is 1. The summed E-state index contributed by atoms with van der Waals surface area (Å²) in [6, 6.07) is 3.39. The van der Waals surface area contributed by atoms with E-state index in [1.807, 2.05) is 19.9 Å². The standard InChI is InChI=1S/C21H30O4/c1-12(2)16-11-18(23)13(3)8-17(16)21-19(24)9-15(10-20(21)25)7-5-6-14(4)22/h8-10,14,16-18,22-25H,1,5-7,11H2,2-4H3/t14?,16-,17?,18?/m0/s1. The van der Waals surface area contributed by atoms with E-state index in [0.717, 1.165) is 23.1 Å². The first-order chi connectivity index (χ1) is 11.7. The minimum atomic E-state index is -0.512. The number of allylic oxidation sites excluding steroid dienone is 2. The van der Waals surface area contributed by atoms with E-state index in [9.17, 15) is 20.4 Å². The lowest BCUT2D eigenvalue weighted by atomic mass is 9.72. The van der Waals surface area contributed by atoms with Crippen LogP contribution in [0.3, 0.4) is 0 Å². The molecule has 1 aliphatic rings. The summed E-state index contributed by atoms with van der Waals surface area (Å²) in [5, 5.41) is 40.6. The molecule has 0 spiro atoms. The van der Waals surface area contributed by atoms with Gasteiger partial charge in [0.15, 0.2) is 0 Å². The molecule has 0 amide bonds. The zero-order valence-electron chi connectivity index (χ0n) is 15.4. The Hall–Kier alpha value is -1.78. The molecule has 0 aliphatic heterocycles. The number of aliphatic hydroxyl groups is 2. The molecule has 4 heteroatoms. The lowest BCUT2D eigenvalue weighted by molar-refractivity contribution is 0.168. The van der Waals surface area contributed by atoms with Crippen LogP contribution in [0.4, 0.5) is 0 Å². The molecule has 25 heavy (non-hydrogen) atoms. The van der Waals surface area contributed by atoms with Crippen LogP contribution in [0.25, 0.3) is 0 Å². The van der Waals surface area contributed by atoms with Crippen LogP contribution in [-0.4, -0.2) is 32.6 Å². The summed E-state index contributed by atoms with van der Waals surface area (Å²) >= 11 is 0. The molecule has 2 rings (SSSR count). The molecular weight excluding hydrogens is 316 g/mol. The summed E-state index contributed by atoms with van der Waals surface area (Å²) < 4.78 is 0. The van der Waals surface area contributed by atoms with E-state index in [1.54, 1.807) is 19.1 Å². The zero-order valence-corrected chi connectivity index (χ0v) is 15.4. The number of hydrogen-bond acceptors (Lipinski definition) is 4. The maximum absolute atomic E-state index is 10.6. The lowest BCUT2D eigenvalue weighted by Crippen LogP contribution is -2.26. The van der Waals surface area contributed by atoms with Gasteiger partial charge in [-0.2, -0.15) is 0 Å². The van der Waals surface area contributed by atoms with Crippen molar-refractivity contribution in [3.8, 4) is 11.5 Å². The van der Waals surface area contributed by atoms with Gasteiger partial charge in [-0.1, -0.05) is 18.2 Å². The highest BCUT2D eigenvalue weighted by molar-refractivity contribution is 5.52. The van der Waals surface area contributed by atoms with E-state index in [-0.39, 0.29) is 29.4 Å². The molecule has 0 heterocycles. The molecule has 3 unspecified atom stereocenters. The van der Waals surface area contributed by atoms with Crippen molar-refractivity contribution in [1.29, 1.82) is 0 Å². The van der Waals surface area contributed by atoms with Crippen molar-refractivity contribution in [2.75, 3.05) is 0 Å². The maximum Gasteiger partial charge on any atom is 0.123 e. The quantitative estimate of drug-likeness (QED) is 0.591. The Balaban J connectivity index is 2.33. The van der Waals surface area contributed by atoms with Gasteiger partial charge in [0.2, 0.25) is 0 Å². The Morgan fingerprint density at radius 3 is 2.40 bits per heavy atom. The fourth-order valence-corrected chi connectivity index (χ4v) is 3.64. The Morgan fingerprint density at radius 1 is 1.28 bits per heavy atom. The van der Waals surface area contributed by atoms with Gasteiger partial charge in [-0.15, -0.1) is 0 Å². The second-order valence-corrected chi connectivity index (χ2v) is 7.43. The highest BCUT2D eigenvalue weighted by atomic mass is 16.3. The number of aliphatic hydroxyl groups excluding tert-OH is 2. The maximum atomic E-state index is 10.6. The van der Waals surface area contributed by atoms with Gasteiger partial charge in [0, 0.05) is 11.5 Å². The molecular formula is C21H30O4. The van der Waals surface area contributed by atoms with Gasteiger partial charge in [0.25, 0.3) is 0 Å². The summed E-state index contributed by atoms with van der Waals surface area (Å²) in [5.41, 5.74) is 3.12. The highest BCUT2D eigenvalue weighted by Gasteiger charge is 2.33. The predicted molar refractivity (Wildman–Crippen MR) is 99.8 cm³/mol. The normalized spacial score (nSPS) is 24.7. The average molecular weight is 346 g/mol. The highest BCUT2D eigenvalue weighted by Crippen LogP contribution is 2.46. The molecule has 1 aliphatic carbocycles. The molecule has 0 radical (unpaired) electrons. The first-order valence-corrected chi connectivity index (χ1v) is 8.95. The minimum Gasteiger partial charge on any atom is -0.507 e. The third-order valence-electron chi connectivity index (χ3n) is 5.13. The first kappa shape index (κ1) is 19.5. The minimum absolute atomic E-state index is 0.0309. The van der Waals surface area contributed by atoms with Crippen molar-refractivity contribution < 1.29 is 20.4 Å². The third kappa shape index (κ3) is 4.65. The van der Waals surface area contributed by atoms with E-state index >= 15 is 0 Å². The predicted octanol–water partition coefficient (Wildman–Crippen LogP) is 3.79. The largest absolute Gasteiger partial charge is 0.507 e. The van der Waals surface area contributed by atoms with Crippen LogP contribution in [0.2, 0.25) is 0 Å². The third-order valence-corrected chi connectivity index (χ3v) is 5.13. The van der Waals surface area contributed by atoms with Crippen LogP contribution >= 0.6 is 0 Å². The van der Waals surface area contributed by atoms with Gasteiger partial charge in [-0.25, -0.2) is 0 Å². The number of aryl methyl sites for hydroxylation is 1. The number of rotatable bonds is 6. The molecule has 0 bridgehead atoms. The Morgan fingerprint density at radius 2 is 1.88 bits per heavy atom. The summed E-state index contributed by atoms with van der Waals surface area (Å²) in [6.07, 6.45) is 3.77. The molecule has 1 aromatic rings. The fraction of sp³-hybridized carbons (Fsp3) is 0.524. The molecule has 0 fully saturated rings. The Labute approximate surface area is 150 Å². The van der Waals surface area contributed by atoms with Gasteiger partial charge in [0.1, 0.15) is 11.5 Å². The summed E-state index contributed by atoms with van der Waals surface area (Å²) in [7, 11) is 0. The molecule has 1 aromatic carbocycles. The second kappa shape index (κ2) is 8.07. The second-order valence-electron chi connectivity index (χ2n) is 7.43. The topological polar surface area (TPSA) is 80.9 Å². The van der Waals surface area contributed by atoms with E-state index < -0.39 is 6.10 Å². The molecule has 0 saturated carbocycles. The molecule has 4 nitrogen and oxygen atoms in total. The van der Waals surface area contributed by atoms with Crippen LogP contribution in [0.1, 0.15) is 57.1 Å². The van der Waals surface area contributed by atoms with Crippen molar-refractivity contribution in [3.63, 3.8) is 0 Å². The van der Waals surface area contributed by atoms with Gasteiger partial charge < -0.3 is 20.4 Å². The van der Waals surface area contributed by atoms with Crippen LogP contribution < -0.4 is 0 Å². The molecule has 4 atom stereocenters. The van der Waals surface area contributed by atoms with Crippen molar-refractivity contribution >= 4 is 0 Å². The summed E-state index contributed by atoms with van der Waals surface area (Å²) in [5.74, 6) is -0.0866. The molecule has 138 valence electrons. The Kier molecular flexibility index (Phi) is 6.31. The smallest absolute Gasteiger partial charge is 0.123 e. The average Bonchev–Trinajstić information content (AvgIpc) is 2.49. The SMILES string of the molecule is C=C(C)[C@@H]1CC(O)C(C)=CC1c1c(O)cc(CCCC(C)O)cc1O. The summed E-state index contributed by atoms with van der Waals surface area (Å²) in [6.45, 7) is 9.55. The van der Waals surface area contributed by atoms with Crippen molar-refractivity contribution in [2.45, 2.75) is 64.6 Å². The monoisotopic (exact) mass is 346 g/mol. The van der Waals surface area contributed by atoms with E-state index in [0.29, 0.717) is 24.8 Å². The van der Waals surface area contributed by atoms with Crippen molar-refractivity contribution in [1.82, 2.24) is 0 Å². The van der Waals surface area contributed by atoms with E-state index in [4.69, 9.17) is 0 Å². The van der Waals surface area contributed by atoms with Crippen molar-refractivity contribution in [3.05, 3.63) is 47.1 Å². The number of phenolic OH excluding ortho intramolecular Hbond substituents is 2. The van der Waals surface area contributed by atoms with Crippen LogP contribution in [-0.2, 0) is 6.42 Å². The molecule has 4 N–H and O–H groups in total. The molecule has 0 saturated heterocycles.